The predicted octanol–water partition coefficient (Wildman–Crippen LogP) is 2.51. The van der Waals surface area contributed by atoms with Crippen LogP contribution in [0.4, 0.5) is 17.6 Å². The van der Waals surface area contributed by atoms with E-state index >= 15 is 0 Å². The quantitative estimate of drug-likeness (QED) is 0.488. The van der Waals surface area contributed by atoms with Crippen molar-refractivity contribution in [1.29, 1.82) is 0 Å². The molecule has 102 valence electrons. The fourth-order valence-electron chi connectivity index (χ4n) is 1.25. The Morgan fingerprint density at radius 1 is 1.17 bits per heavy atom. The topological polar surface area (TPSA) is 30.5 Å². The third-order valence-electron chi connectivity index (χ3n) is 2.05. The maximum absolute atomic E-state index is 13.0. The Morgan fingerprint density at radius 3 is 2.50 bits per heavy atom. The highest BCUT2D eigenvalue weighted by Gasteiger charge is 2.31. The first kappa shape index (κ1) is 14.9. The van der Waals surface area contributed by atoms with Crippen LogP contribution in [0.15, 0.2) is 18.2 Å². The Balaban J connectivity index is 2.58. The van der Waals surface area contributed by atoms with Crippen molar-refractivity contribution in [1.82, 2.24) is 5.48 Å². The van der Waals surface area contributed by atoms with Crippen LogP contribution < -0.4 is 5.48 Å². The Labute approximate surface area is 102 Å². The first-order valence-electron chi connectivity index (χ1n) is 5.13. The average Bonchev–Trinajstić information content (AvgIpc) is 2.27. The average molecular weight is 267 g/mol. The van der Waals surface area contributed by atoms with Crippen LogP contribution in [-0.4, -0.2) is 20.3 Å². The summed E-state index contributed by atoms with van der Waals surface area (Å²) in [6.45, 7) is 0.576. The SMILES string of the molecule is COCCONCc1cc(F)cc(C(F)(F)F)c1. The van der Waals surface area contributed by atoms with Gasteiger partial charge in [0.1, 0.15) is 5.82 Å². The van der Waals surface area contributed by atoms with Crippen molar-refractivity contribution in [2.45, 2.75) is 12.7 Å². The number of hydrogen-bond donors (Lipinski definition) is 1. The lowest BCUT2D eigenvalue weighted by Gasteiger charge is -2.10. The Hall–Kier alpha value is -1.18. The number of nitrogens with one attached hydrogen (secondary N) is 1. The van der Waals surface area contributed by atoms with E-state index in [1.54, 1.807) is 0 Å². The maximum atomic E-state index is 13.0. The van der Waals surface area contributed by atoms with Crippen LogP contribution in [0.1, 0.15) is 11.1 Å². The molecule has 0 saturated heterocycles. The number of methoxy groups -OCH3 is 1. The lowest BCUT2D eigenvalue weighted by atomic mass is 10.1. The van der Waals surface area contributed by atoms with Crippen LogP contribution in [0.2, 0.25) is 0 Å². The van der Waals surface area contributed by atoms with Crippen LogP contribution in [0.5, 0.6) is 0 Å². The van der Waals surface area contributed by atoms with Gasteiger partial charge in [0.25, 0.3) is 0 Å². The summed E-state index contributed by atoms with van der Waals surface area (Å²) in [5.74, 6) is -0.932. The van der Waals surface area contributed by atoms with Gasteiger partial charge >= 0.3 is 6.18 Å². The zero-order valence-electron chi connectivity index (χ0n) is 9.68. The molecule has 0 bridgehead atoms. The summed E-state index contributed by atoms with van der Waals surface area (Å²) in [4.78, 5) is 4.86. The predicted molar refractivity (Wildman–Crippen MR) is 56.1 cm³/mol. The van der Waals surface area contributed by atoms with Crippen molar-refractivity contribution in [2.24, 2.45) is 0 Å². The molecule has 1 aromatic carbocycles. The molecule has 0 spiro atoms. The van der Waals surface area contributed by atoms with Crippen molar-refractivity contribution in [3.05, 3.63) is 35.1 Å². The minimum Gasteiger partial charge on any atom is -0.382 e. The fourth-order valence-corrected chi connectivity index (χ4v) is 1.25. The van der Waals surface area contributed by atoms with Gasteiger partial charge in [0, 0.05) is 13.7 Å². The van der Waals surface area contributed by atoms with E-state index < -0.39 is 17.6 Å². The Morgan fingerprint density at radius 2 is 1.89 bits per heavy atom. The van der Waals surface area contributed by atoms with Gasteiger partial charge in [0.05, 0.1) is 18.8 Å². The van der Waals surface area contributed by atoms with Crippen LogP contribution in [-0.2, 0) is 22.3 Å². The number of halogens is 4. The number of ether oxygens (including phenoxy) is 1. The molecule has 18 heavy (non-hydrogen) atoms. The Bertz CT molecular complexity index is 382. The summed E-state index contributed by atoms with van der Waals surface area (Å²) in [6, 6.07) is 2.34. The van der Waals surface area contributed by atoms with E-state index in [1.165, 1.54) is 7.11 Å². The smallest absolute Gasteiger partial charge is 0.382 e. The number of hydrogen-bond acceptors (Lipinski definition) is 3. The van der Waals surface area contributed by atoms with E-state index in [2.05, 4.69) is 5.48 Å². The van der Waals surface area contributed by atoms with E-state index in [4.69, 9.17) is 9.57 Å². The molecule has 7 heteroatoms. The number of hydroxylamine groups is 1. The second-order valence-corrected chi connectivity index (χ2v) is 3.51. The second-order valence-electron chi connectivity index (χ2n) is 3.51. The summed E-state index contributed by atoms with van der Waals surface area (Å²) in [6.07, 6.45) is -4.56. The molecule has 0 atom stereocenters. The summed E-state index contributed by atoms with van der Waals surface area (Å²) in [5, 5.41) is 0. The molecule has 1 rings (SSSR count). The summed E-state index contributed by atoms with van der Waals surface area (Å²) >= 11 is 0. The van der Waals surface area contributed by atoms with Crippen molar-refractivity contribution >= 4 is 0 Å². The third-order valence-corrected chi connectivity index (χ3v) is 2.05. The minimum absolute atomic E-state index is 0.0233. The van der Waals surface area contributed by atoms with E-state index in [9.17, 15) is 17.6 Å². The highest BCUT2D eigenvalue weighted by molar-refractivity contribution is 5.26. The molecule has 0 fully saturated rings. The first-order valence-corrected chi connectivity index (χ1v) is 5.13. The zero-order chi connectivity index (χ0) is 13.6. The second kappa shape index (κ2) is 6.67. The van der Waals surface area contributed by atoms with Gasteiger partial charge in [-0.3, -0.25) is 4.84 Å². The number of alkyl halides is 3. The van der Waals surface area contributed by atoms with E-state index in [1.807, 2.05) is 0 Å². The van der Waals surface area contributed by atoms with E-state index in [0.29, 0.717) is 12.7 Å². The van der Waals surface area contributed by atoms with Crippen molar-refractivity contribution in [3.63, 3.8) is 0 Å². The number of benzene rings is 1. The highest BCUT2D eigenvalue weighted by Crippen LogP contribution is 2.30. The van der Waals surface area contributed by atoms with Gasteiger partial charge in [-0.15, -0.1) is 0 Å². The number of rotatable bonds is 6. The summed E-state index contributed by atoms with van der Waals surface area (Å²) in [7, 11) is 1.49. The summed E-state index contributed by atoms with van der Waals surface area (Å²) < 4.78 is 54.9. The molecule has 0 heterocycles. The monoisotopic (exact) mass is 267 g/mol. The molecule has 0 aliphatic heterocycles. The fraction of sp³-hybridized carbons (Fsp3) is 0.455. The molecule has 0 amide bonds. The maximum Gasteiger partial charge on any atom is 0.416 e. The Kier molecular flexibility index (Phi) is 5.52. The van der Waals surface area contributed by atoms with Gasteiger partial charge in [-0.25, -0.2) is 4.39 Å². The molecule has 3 nitrogen and oxygen atoms in total. The molecular formula is C11H13F4NO2. The van der Waals surface area contributed by atoms with E-state index in [0.717, 1.165) is 12.1 Å². The molecular weight excluding hydrogens is 254 g/mol. The lowest BCUT2D eigenvalue weighted by Crippen LogP contribution is -2.17. The van der Waals surface area contributed by atoms with Gasteiger partial charge in [-0.2, -0.15) is 18.7 Å². The molecule has 0 unspecified atom stereocenters. The van der Waals surface area contributed by atoms with Gasteiger partial charge in [0.15, 0.2) is 0 Å². The van der Waals surface area contributed by atoms with Crippen LogP contribution in [0.25, 0.3) is 0 Å². The third kappa shape index (κ3) is 4.99. The van der Waals surface area contributed by atoms with Crippen molar-refractivity contribution < 1.29 is 27.1 Å². The molecule has 0 aromatic heterocycles. The van der Waals surface area contributed by atoms with Gasteiger partial charge in [0.2, 0.25) is 0 Å². The van der Waals surface area contributed by atoms with Gasteiger partial charge in [-0.05, 0) is 23.8 Å². The zero-order valence-corrected chi connectivity index (χ0v) is 9.68. The lowest BCUT2D eigenvalue weighted by molar-refractivity contribution is -0.137. The van der Waals surface area contributed by atoms with Crippen LogP contribution >= 0.6 is 0 Å². The standard InChI is InChI=1S/C11H13F4NO2/c1-17-2-3-18-16-7-8-4-9(11(13,14)15)6-10(12)5-8/h4-6,16H,2-3,7H2,1H3. The van der Waals surface area contributed by atoms with Gasteiger partial charge < -0.3 is 4.74 Å². The molecule has 0 radical (unpaired) electrons. The molecule has 1 aromatic rings. The minimum atomic E-state index is -4.56. The molecule has 0 saturated carbocycles. The van der Waals surface area contributed by atoms with E-state index in [-0.39, 0.29) is 18.7 Å². The van der Waals surface area contributed by atoms with Gasteiger partial charge in [-0.1, -0.05) is 0 Å². The largest absolute Gasteiger partial charge is 0.416 e. The van der Waals surface area contributed by atoms with Crippen molar-refractivity contribution in [2.75, 3.05) is 20.3 Å². The van der Waals surface area contributed by atoms with Crippen molar-refractivity contribution in [3.8, 4) is 0 Å². The molecule has 0 aliphatic rings. The summed E-state index contributed by atoms with van der Waals surface area (Å²) in [5.41, 5.74) is 1.56. The molecule has 1 N–H and O–H groups in total. The normalized spacial score (nSPS) is 11.8. The van der Waals surface area contributed by atoms with Crippen LogP contribution in [0, 0.1) is 5.82 Å². The van der Waals surface area contributed by atoms with Crippen LogP contribution in [0.3, 0.4) is 0 Å². The highest BCUT2D eigenvalue weighted by atomic mass is 19.4. The molecule has 0 aliphatic carbocycles. The first-order chi connectivity index (χ1) is 8.43.